The highest BCUT2D eigenvalue weighted by atomic mass is 16.5. The van der Waals surface area contributed by atoms with Gasteiger partial charge in [0.25, 0.3) is 0 Å². The maximum atomic E-state index is 12.4. The van der Waals surface area contributed by atoms with Crippen LogP contribution in [0.25, 0.3) is 0 Å². The predicted molar refractivity (Wildman–Crippen MR) is 105 cm³/mol. The fourth-order valence-electron chi connectivity index (χ4n) is 3.06. The molecular formula is C20H25N5O3. The zero-order chi connectivity index (χ0) is 19.8. The highest BCUT2D eigenvalue weighted by Gasteiger charge is 2.23. The average molecular weight is 383 g/mol. The average Bonchev–Trinajstić information content (AvgIpc) is 2.75. The lowest BCUT2D eigenvalue weighted by atomic mass is 10.1. The van der Waals surface area contributed by atoms with E-state index in [1.54, 1.807) is 30.5 Å². The number of nitrogens with one attached hydrogen (secondary N) is 1. The molecule has 2 heterocycles. The Kier molecular flexibility index (Phi) is 6.78. The lowest BCUT2D eigenvalue weighted by Crippen LogP contribution is -2.50. The van der Waals surface area contributed by atoms with Crippen LogP contribution in [0.1, 0.15) is 12.0 Å². The van der Waals surface area contributed by atoms with Crippen LogP contribution in [0.2, 0.25) is 0 Å². The number of piperazine rings is 1. The minimum absolute atomic E-state index is 0.121. The number of amides is 2. The van der Waals surface area contributed by atoms with Crippen molar-refractivity contribution in [1.29, 1.82) is 0 Å². The smallest absolute Gasteiger partial charge is 0.232 e. The number of ether oxygens (including phenoxy) is 1. The minimum atomic E-state index is -0.243. The largest absolute Gasteiger partial charge is 0.497 e. The Bertz CT molecular complexity index is 774. The molecule has 0 radical (unpaired) electrons. The van der Waals surface area contributed by atoms with E-state index < -0.39 is 0 Å². The van der Waals surface area contributed by atoms with Gasteiger partial charge in [0.05, 0.1) is 7.11 Å². The molecule has 1 N–H and O–H groups in total. The molecule has 0 atom stereocenters. The van der Waals surface area contributed by atoms with Crippen LogP contribution in [-0.4, -0.2) is 66.5 Å². The van der Waals surface area contributed by atoms with Gasteiger partial charge in [0.15, 0.2) is 0 Å². The van der Waals surface area contributed by atoms with E-state index in [9.17, 15) is 9.59 Å². The van der Waals surface area contributed by atoms with Crippen LogP contribution in [-0.2, 0) is 16.0 Å². The minimum Gasteiger partial charge on any atom is -0.497 e. The molecule has 0 unspecified atom stereocenters. The quantitative estimate of drug-likeness (QED) is 0.715. The van der Waals surface area contributed by atoms with Crippen LogP contribution in [0.4, 0.5) is 5.95 Å². The van der Waals surface area contributed by atoms with E-state index >= 15 is 0 Å². The van der Waals surface area contributed by atoms with Crippen LogP contribution >= 0.6 is 0 Å². The standard InChI is InChI=1S/C20H25N5O3/c1-28-17-5-3-16(4-6-17)7-10-21-18(26)15-19(27)24-11-13-25(14-12-24)20-22-8-2-9-23-20/h2-6,8-9H,7,10-15H2,1H3,(H,21,26). The van der Waals surface area contributed by atoms with Gasteiger partial charge < -0.3 is 19.9 Å². The first-order valence-electron chi connectivity index (χ1n) is 9.35. The van der Waals surface area contributed by atoms with Crippen molar-refractivity contribution in [2.24, 2.45) is 0 Å². The molecule has 1 saturated heterocycles. The van der Waals surface area contributed by atoms with E-state index in [0.29, 0.717) is 45.1 Å². The fourth-order valence-corrected chi connectivity index (χ4v) is 3.06. The second-order valence-corrected chi connectivity index (χ2v) is 6.54. The van der Waals surface area contributed by atoms with E-state index in [1.807, 2.05) is 29.2 Å². The molecule has 1 aromatic carbocycles. The van der Waals surface area contributed by atoms with E-state index in [2.05, 4.69) is 15.3 Å². The number of methoxy groups -OCH3 is 1. The predicted octanol–water partition coefficient (Wildman–Crippen LogP) is 0.883. The van der Waals surface area contributed by atoms with Crippen LogP contribution in [0.3, 0.4) is 0 Å². The van der Waals surface area contributed by atoms with E-state index in [-0.39, 0.29) is 18.2 Å². The van der Waals surface area contributed by atoms with E-state index in [1.165, 1.54) is 0 Å². The van der Waals surface area contributed by atoms with Gasteiger partial charge in [0.2, 0.25) is 17.8 Å². The number of carbonyl (C=O) groups is 2. The Labute approximate surface area is 164 Å². The first kappa shape index (κ1) is 19.6. The van der Waals surface area contributed by atoms with E-state index in [0.717, 1.165) is 11.3 Å². The normalized spacial score (nSPS) is 13.9. The van der Waals surface area contributed by atoms with Gasteiger partial charge in [-0.2, -0.15) is 0 Å². The summed E-state index contributed by atoms with van der Waals surface area (Å²) in [4.78, 5) is 36.6. The van der Waals surface area contributed by atoms with E-state index in [4.69, 9.17) is 4.74 Å². The molecule has 0 bridgehead atoms. The molecule has 1 aliphatic heterocycles. The molecular weight excluding hydrogens is 358 g/mol. The summed E-state index contributed by atoms with van der Waals surface area (Å²) in [5, 5.41) is 2.82. The third-order valence-corrected chi connectivity index (χ3v) is 4.67. The molecule has 0 saturated carbocycles. The molecule has 8 heteroatoms. The third kappa shape index (κ3) is 5.42. The van der Waals surface area contributed by atoms with Crippen molar-refractivity contribution in [1.82, 2.24) is 20.2 Å². The van der Waals surface area contributed by atoms with Gasteiger partial charge in [-0.3, -0.25) is 9.59 Å². The Balaban J connectivity index is 1.36. The summed E-state index contributed by atoms with van der Waals surface area (Å²) in [5.41, 5.74) is 1.10. The molecule has 1 aliphatic rings. The Morgan fingerprint density at radius 2 is 1.75 bits per heavy atom. The van der Waals surface area contributed by atoms with Crippen molar-refractivity contribution < 1.29 is 14.3 Å². The van der Waals surface area contributed by atoms with Gasteiger partial charge in [-0.15, -0.1) is 0 Å². The SMILES string of the molecule is COc1ccc(CCNC(=O)CC(=O)N2CCN(c3ncccn3)CC2)cc1. The van der Waals surface area contributed by atoms with Crippen molar-refractivity contribution in [3.8, 4) is 5.75 Å². The summed E-state index contributed by atoms with van der Waals surface area (Å²) in [6, 6.07) is 9.48. The second kappa shape index (κ2) is 9.68. The van der Waals surface area contributed by atoms with Crippen LogP contribution in [0.5, 0.6) is 5.75 Å². The molecule has 2 aromatic rings. The Morgan fingerprint density at radius 1 is 1.07 bits per heavy atom. The number of rotatable bonds is 7. The van der Waals surface area contributed by atoms with Crippen LogP contribution in [0.15, 0.2) is 42.7 Å². The van der Waals surface area contributed by atoms with Crippen molar-refractivity contribution in [3.63, 3.8) is 0 Å². The summed E-state index contributed by atoms with van der Waals surface area (Å²) < 4.78 is 5.12. The molecule has 148 valence electrons. The maximum absolute atomic E-state index is 12.4. The molecule has 1 aromatic heterocycles. The second-order valence-electron chi connectivity index (χ2n) is 6.54. The van der Waals surface area contributed by atoms with Gasteiger partial charge in [-0.25, -0.2) is 9.97 Å². The first-order chi connectivity index (χ1) is 13.7. The van der Waals surface area contributed by atoms with Crippen molar-refractivity contribution in [3.05, 3.63) is 48.3 Å². The number of hydrogen-bond donors (Lipinski definition) is 1. The lowest BCUT2D eigenvalue weighted by molar-refractivity contribution is -0.136. The van der Waals surface area contributed by atoms with Gasteiger partial charge in [0, 0.05) is 45.1 Å². The fraction of sp³-hybridized carbons (Fsp3) is 0.400. The van der Waals surface area contributed by atoms with Crippen LogP contribution < -0.4 is 15.0 Å². The molecule has 2 amide bonds. The van der Waals surface area contributed by atoms with Crippen molar-refractivity contribution in [2.75, 3.05) is 44.7 Å². The summed E-state index contributed by atoms with van der Waals surface area (Å²) in [7, 11) is 1.63. The zero-order valence-corrected chi connectivity index (χ0v) is 16.0. The Morgan fingerprint density at radius 3 is 2.39 bits per heavy atom. The summed E-state index contributed by atoms with van der Waals surface area (Å²) >= 11 is 0. The number of carbonyl (C=O) groups excluding carboxylic acids is 2. The molecule has 0 spiro atoms. The van der Waals surface area contributed by atoms with Gasteiger partial charge in [-0.1, -0.05) is 12.1 Å². The number of nitrogens with zero attached hydrogens (tertiary/aromatic N) is 4. The van der Waals surface area contributed by atoms with Crippen LogP contribution in [0, 0.1) is 0 Å². The maximum Gasteiger partial charge on any atom is 0.232 e. The zero-order valence-electron chi connectivity index (χ0n) is 16.0. The third-order valence-electron chi connectivity index (χ3n) is 4.67. The van der Waals surface area contributed by atoms with Crippen molar-refractivity contribution in [2.45, 2.75) is 12.8 Å². The molecule has 1 fully saturated rings. The molecule has 0 aliphatic carbocycles. The number of hydrogen-bond acceptors (Lipinski definition) is 6. The monoisotopic (exact) mass is 383 g/mol. The molecule has 28 heavy (non-hydrogen) atoms. The highest BCUT2D eigenvalue weighted by Crippen LogP contribution is 2.12. The lowest BCUT2D eigenvalue weighted by Gasteiger charge is -2.34. The van der Waals surface area contributed by atoms with Crippen molar-refractivity contribution >= 4 is 17.8 Å². The number of aromatic nitrogens is 2. The summed E-state index contributed by atoms with van der Waals surface area (Å²) in [5.74, 6) is 1.09. The number of anilines is 1. The Hall–Kier alpha value is -3.16. The molecule has 8 nitrogen and oxygen atoms in total. The summed E-state index contributed by atoms with van der Waals surface area (Å²) in [6.45, 7) is 2.95. The van der Waals surface area contributed by atoms with Gasteiger partial charge in [0.1, 0.15) is 12.2 Å². The summed E-state index contributed by atoms with van der Waals surface area (Å²) in [6.07, 6.45) is 4.00. The topological polar surface area (TPSA) is 87.7 Å². The van der Waals surface area contributed by atoms with Gasteiger partial charge in [-0.05, 0) is 30.2 Å². The molecule has 3 rings (SSSR count). The number of benzene rings is 1. The highest BCUT2D eigenvalue weighted by molar-refractivity contribution is 5.96. The van der Waals surface area contributed by atoms with Gasteiger partial charge >= 0.3 is 0 Å². The first-order valence-corrected chi connectivity index (χ1v) is 9.35.